The molecule has 32 heavy (non-hydrogen) atoms. The van der Waals surface area contributed by atoms with Crippen molar-refractivity contribution in [2.24, 2.45) is 0 Å². The van der Waals surface area contributed by atoms with E-state index in [1.165, 1.54) is 29.2 Å². The van der Waals surface area contributed by atoms with Crippen molar-refractivity contribution in [1.29, 1.82) is 0 Å². The summed E-state index contributed by atoms with van der Waals surface area (Å²) in [5, 5.41) is 21.9. The Labute approximate surface area is 194 Å². The van der Waals surface area contributed by atoms with E-state index in [-0.39, 0.29) is 22.6 Å². The lowest BCUT2D eigenvalue weighted by Gasteiger charge is -2.28. The van der Waals surface area contributed by atoms with E-state index in [9.17, 15) is 24.8 Å². The average molecular weight is 502 g/mol. The number of hydrogen-bond donors (Lipinski definition) is 1. The highest BCUT2D eigenvalue weighted by Crippen LogP contribution is 2.39. The van der Waals surface area contributed by atoms with Crippen LogP contribution in [0.5, 0.6) is 0 Å². The molecule has 0 unspecified atom stereocenters. The number of non-ortho nitro benzene ring substituents is 1. The number of hydrogen-bond acceptors (Lipinski definition) is 6. The summed E-state index contributed by atoms with van der Waals surface area (Å²) >= 11 is 3.39. The number of nitrogens with zero attached hydrogens (tertiary/aromatic N) is 3. The predicted octanol–water partition coefficient (Wildman–Crippen LogP) is 4.12. The molecule has 0 aromatic heterocycles. The summed E-state index contributed by atoms with van der Waals surface area (Å²) < 4.78 is 0.844. The van der Waals surface area contributed by atoms with Gasteiger partial charge in [-0.25, -0.2) is 0 Å². The van der Waals surface area contributed by atoms with Crippen LogP contribution in [0.25, 0.3) is 5.76 Å². The number of aliphatic hydroxyl groups excluding tert-OH is 1. The third-order valence-corrected chi connectivity index (χ3v) is 6.16. The third kappa shape index (κ3) is 4.73. The number of Topliss-reactive ketones (excluding diaryl/α,β-unsaturated/α-hetero) is 1. The molecule has 9 heteroatoms. The second-order valence-electron chi connectivity index (χ2n) is 7.37. The van der Waals surface area contributed by atoms with Crippen LogP contribution in [0.1, 0.15) is 31.0 Å². The SMILES string of the molecule is CCN(CC)CCN1C(=O)C(=O)C(=C(O)c2ccc([N+](=O)[O-])cc2)[C@@H]1c1ccc(Br)cc1. The first-order valence-electron chi connectivity index (χ1n) is 10.3. The van der Waals surface area contributed by atoms with E-state index in [0.717, 1.165) is 17.6 Å². The fraction of sp³-hybridized carbons (Fsp3) is 0.304. The number of halogens is 1. The largest absolute Gasteiger partial charge is 0.507 e. The first-order chi connectivity index (χ1) is 15.3. The zero-order valence-electron chi connectivity index (χ0n) is 17.8. The molecule has 0 bridgehead atoms. The van der Waals surface area contributed by atoms with Gasteiger partial charge >= 0.3 is 0 Å². The van der Waals surface area contributed by atoms with E-state index in [0.29, 0.717) is 18.7 Å². The maximum atomic E-state index is 13.0. The maximum Gasteiger partial charge on any atom is 0.295 e. The first-order valence-corrected chi connectivity index (χ1v) is 11.1. The van der Waals surface area contributed by atoms with Gasteiger partial charge in [0.2, 0.25) is 0 Å². The number of aliphatic hydroxyl groups is 1. The fourth-order valence-corrected chi connectivity index (χ4v) is 4.05. The van der Waals surface area contributed by atoms with Crippen LogP contribution in [0.15, 0.2) is 58.6 Å². The number of nitro benzene ring substituents is 1. The van der Waals surface area contributed by atoms with Gasteiger partial charge in [0.15, 0.2) is 0 Å². The highest BCUT2D eigenvalue weighted by atomic mass is 79.9. The first kappa shape index (κ1) is 23.6. The monoisotopic (exact) mass is 501 g/mol. The molecule has 0 spiro atoms. The minimum absolute atomic E-state index is 0.0225. The van der Waals surface area contributed by atoms with Crippen molar-refractivity contribution in [1.82, 2.24) is 9.80 Å². The van der Waals surface area contributed by atoms with Crippen molar-refractivity contribution in [3.63, 3.8) is 0 Å². The Hall–Kier alpha value is -3.04. The Balaban J connectivity index is 2.08. The Morgan fingerprint density at radius 3 is 2.22 bits per heavy atom. The summed E-state index contributed by atoms with van der Waals surface area (Å²) in [7, 11) is 0. The van der Waals surface area contributed by atoms with Crippen LogP contribution in [-0.2, 0) is 9.59 Å². The van der Waals surface area contributed by atoms with Gasteiger partial charge in [-0.2, -0.15) is 0 Å². The number of amides is 1. The van der Waals surface area contributed by atoms with Gasteiger partial charge in [-0.1, -0.05) is 41.9 Å². The van der Waals surface area contributed by atoms with Crippen LogP contribution in [0.3, 0.4) is 0 Å². The molecule has 1 fully saturated rings. The van der Waals surface area contributed by atoms with Crippen LogP contribution in [0.4, 0.5) is 5.69 Å². The number of carbonyl (C=O) groups excluding carboxylic acids is 2. The second-order valence-corrected chi connectivity index (χ2v) is 8.29. The van der Waals surface area contributed by atoms with E-state index in [1.807, 2.05) is 26.0 Å². The minimum Gasteiger partial charge on any atom is -0.507 e. The molecule has 1 heterocycles. The van der Waals surface area contributed by atoms with Gasteiger partial charge in [0.25, 0.3) is 17.4 Å². The lowest BCUT2D eigenvalue weighted by Crippen LogP contribution is -2.38. The fourth-order valence-electron chi connectivity index (χ4n) is 3.79. The normalized spacial score (nSPS) is 17.9. The standard InChI is InChI=1S/C23H24BrN3O5/c1-3-25(4-2)13-14-26-20(15-5-9-17(24)10-6-15)19(22(29)23(26)30)21(28)16-7-11-18(12-8-16)27(31)32/h5-12,20,28H,3-4,13-14H2,1-2H3/t20-/m0/s1. The summed E-state index contributed by atoms with van der Waals surface area (Å²) in [6.07, 6.45) is 0. The number of nitro groups is 1. The summed E-state index contributed by atoms with van der Waals surface area (Å²) in [5.41, 5.74) is 0.770. The Bertz CT molecular complexity index is 1050. The molecule has 1 aliphatic rings. The average Bonchev–Trinajstić information content (AvgIpc) is 3.04. The highest BCUT2D eigenvalue weighted by Gasteiger charge is 2.45. The van der Waals surface area contributed by atoms with E-state index < -0.39 is 22.7 Å². The smallest absolute Gasteiger partial charge is 0.295 e. The molecule has 8 nitrogen and oxygen atoms in total. The topological polar surface area (TPSA) is 104 Å². The lowest BCUT2D eigenvalue weighted by molar-refractivity contribution is -0.384. The molecule has 0 radical (unpaired) electrons. The Morgan fingerprint density at radius 2 is 1.69 bits per heavy atom. The molecule has 0 aliphatic carbocycles. The van der Waals surface area contributed by atoms with Gasteiger partial charge in [-0.05, 0) is 42.9 Å². The molecule has 1 aliphatic heterocycles. The number of rotatable bonds is 8. The molecule has 1 saturated heterocycles. The zero-order chi connectivity index (χ0) is 23.4. The Morgan fingerprint density at radius 1 is 1.09 bits per heavy atom. The lowest BCUT2D eigenvalue weighted by atomic mass is 9.95. The molecule has 2 aromatic rings. The zero-order valence-corrected chi connectivity index (χ0v) is 19.4. The van der Waals surface area contributed by atoms with Gasteiger partial charge in [-0.15, -0.1) is 0 Å². The summed E-state index contributed by atoms with van der Waals surface area (Å²) in [6.45, 7) is 6.59. The van der Waals surface area contributed by atoms with Gasteiger partial charge in [-0.3, -0.25) is 19.7 Å². The summed E-state index contributed by atoms with van der Waals surface area (Å²) in [6, 6.07) is 11.7. The van der Waals surface area contributed by atoms with Crippen LogP contribution >= 0.6 is 15.9 Å². The van der Waals surface area contributed by atoms with Crippen molar-refractivity contribution in [3.8, 4) is 0 Å². The molecule has 0 saturated carbocycles. The maximum absolute atomic E-state index is 13.0. The molecule has 168 valence electrons. The summed E-state index contributed by atoms with van der Waals surface area (Å²) in [4.78, 5) is 40.0. The summed E-state index contributed by atoms with van der Waals surface area (Å²) in [5.74, 6) is -1.79. The van der Waals surface area contributed by atoms with Crippen molar-refractivity contribution in [3.05, 3.63) is 79.8 Å². The van der Waals surface area contributed by atoms with Gasteiger partial charge in [0.05, 0.1) is 16.5 Å². The molecule has 3 rings (SSSR count). The van der Waals surface area contributed by atoms with Gasteiger partial charge < -0.3 is 14.9 Å². The molecule has 1 amide bonds. The van der Waals surface area contributed by atoms with E-state index in [4.69, 9.17) is 0 Å². The molecule has 1 N–H and O–H groups in total. The highest BCUT2D eigenvalue weighted by molar-refractivity contribution is 9.10. The number of ketones is 1. The third-order valence-electron chi connectivity index (χ3n) is 5.63. The van der Waals surface area contributed by atoms with Crippen LogP contribution in [0.2, 0.25) is 0 Å². The Kier molecular flexibility index (Phi) is 7.42. The number of likely N-dealkylation sites (N-methyl/N-ethyl adjacent to an activating group) is 1. The van der Waals surface area contributed by atoms with Crippen LogP contribution < -0.4 is 0 Å². The van der Waals surface area contributed by atoms with Crippen LogP contribution in [0, 0.1) is 10.1 Å². The van der Waals surface area contributed by atoms with Gasteiger partial charge in [0.1, 0.15) is 5.76 Å². The number of carbonyl (C=O) groups is 2. The quantitative estimate of drug-likeness (QED) is 0.192. The van der Waals surface area contributed by atoms with Crippen molar-refractivity contribution < 1.29 is 19.6 Å². The number of benzene rings is 2. The second kappa shape index (κ2) is 10.1. The van der Waals surface area contributed by atoms with Crippen molar-refractivity contribution in [2.45, 2.75) is 19.9 Å². The van der Waals surface area contributed by atoms with Gasteiger partial charge in [0, 0.05) is 35.3 Å². The van der Waals surface area contributed by atoms with Crippen molar-refractivity contribution >= 4 is 39.1 Å². The molecule has 1 atom stereocenters. The molecular weight excluding hydrogens is 478 g/mol. The minimum atomic E-state index is -0.770. The van der Waals surface area contributed by atoms with Crippen LogP contribution in [-0.4, -0.2) is 57.7 Å². The van der Waals surface area contributed by atoms with E-state index in [1.54, 1.807) is 12.1 Å². The molecule has 2 aromatic carbocycles. The molecular formula is C23H24BrN3O5. The van der Waals surface area contributed by atoms with E-state index >= 15 is 0 Å². The number of likely N-dealkylation sites (tertiary alicyclic amines) is 1. The van der Waals surface area contributed by atoms with Crippen molar-refractivity contribution in [2.75, 3.05) is 26.2 Å². The van der Waals surface area contributed by atoms with E-state index in [2.05, 4.69) is 20.8 Å². The predicted molar refractivity (Wildman–Crippen MR) is 124 cm³/mol.